The number of methoxy groups -OCH3 is 1. The van der Waals surface area contributed by atoms with E-state index in [4.69, 9.17) is 14.2 Å². The molecule has 2 aliphatic rings. The smallest absolute Gasteiger partial charge is 0.336 e. The van der Waals surface area contributed by atoms with Gasteiger partial charge in [0.2, 0.25) is 0 Å². The molecule has 1 N–H and O–H groups in total. The van der Waals surface area contributed by atoms with Crippen molar-refractivity contribution in [2.75, 3.05) is 46.6 Å². The fourth-order valence-electron chi connectivity index (χ4n) is 3.94. The van der Waals surface area contributed by atoms with Crippen molar-refractivity contribution in [3.05, 3.63) is 62.5 Å². The number of carbonyl (C=O) groups is 2. The number of non-ortho nitro benzene ring substituents is 1. The maximum atomic E-state index is 13.1. The molecule has 0 aliphatic carbocycles. The van der Waals surface area contributed by atoms with Gasteiger partial charge in [0.15, 0.2) is 0 Å². The molecule has 0 saturated carbocycles. The van der Waals surface area contributed by atoms with E-state index in [-0.39, 0.29) is 23.4 Å². The molecule has 2 aliphatic heterocycles. The molecule has 1 atom stereocenters. The van der Waals surface area contributed by atoms with Crippen LogP contribution in [0.4, 0.5) is 5.69 Å². The summed E-state index contributed by atoms with van der Waals surface area (Å²) in [5, 5.41) is 14.1. The number of hydrogen-bond acceptors (Lipinski definition) is 9. The van der Waals surface area contributed by atoms with Crippen LogP contribution in [-0.2, 0) is 23.8 Å². The monoisotopic (exact) mass is 445 g/mol. The van der Waals surface area contributed by atoms with Crippen molar-refractivity contribution < 1.29 is 28.7 Å². The zero-order valence-corrected chi connectivity index (χ0v) is 18.4. The molecule has 0 amide bonds. The van der Waals surface area contributed by atoms with Crippen molar-refractivity contribution in [2.24, 2.45) is 0 Å². The van der Waals surface area contributed by atoms with E-state index >= 15 is 0 Å². The normalized spacial score (nSPS) is 19.4. The van der Waals surface area contributed by atoms with E-state index in [0.29, 0.717) is 36.7 Å². The zero-order chi connectivity index (χ0) is 23.3. The van der Waals surface area contributed by atoms with Gasteiger partial charge in [0.25, 0.3) is 5.69 Å². The van der Waals surface area contributed by atoms with E-state index in [2.05, 4.69) is 10.2 Å². The first kappa shape index (κ1) is 23.4. The van der Waals surface area contributed by atoms with E-state index in [1.807, 2.05) is 0 Å². The Morgan fingerprint density at radius 2 is 1.72 bits per heavy atom. The molecule has 10 nitrogen and oxygen atoms in total. The Hall–Kier alpha value is -3.24. The van der Waals surface area contributed by atoms with Gasteiger partial charge >= 0.3 is 11.9 Å². The summed E-state index contributed by atoms with van der Waals surface area (Å²) in [6.07, 6.45) is 0. The number of carbonyl (C=O) groups excluding carboxylic acids is 2. The van der Waals surface area contributed by atoms with Crippen molar-refractivity contribution in [3.63, 3.8) is 0 Å². The van der Waals surface area contributed by atoms with Gasteiger partial charge in [-0.3, -0.25) is 15.0 Å². The zero-order valence-electron chi connectivity index (χ0n) is 18.4. The van der Waals surface area contributed by atoms with Crippen molar-refractivity contribution in [3.8, 4) is 0 Å². The highest BCUT2D eigenvalue weighted by atomic mass is 16.6. The Labute approximate surface area is 186 Å². The summed E-state index contributed by atoms with van der Waals surface area (Å²) in [5.41, 5.74) is 2.09. The largest absolute Gasteiger partial charge is 0.466 e. The summed E-state index contributed by atoms with van der Waals surface area (Å²) in [6.45, 7) is 7.08. The number of hydrogen-bond donors (Lipinski definition) is 1. The third-order valence-electron chi connectivity index (χ3n) is 5.57. The number of ether oxygens (including phenoxy) is 3. The molecule has 3 rings (SSSR count). The predicted octanol–water partition coefficient (Wildman–Crippen LogP) is 1.88. The van der Waals surface area contributed by atoms with Gasteiger partial charge in [-0.15, -0.1) is 0 Å². The van der Waals surface area contributed by atoms with Crippen LogP contribution in [0, 0.1) is 10.1 Å². The number of morpholine rings is 1. The minimum Gasteiger partial charge on any atom is -0.466 e. The van der Waals surface area contributed by atoms with Gasteiger partial charge in [-0.2, -0.15) is 0 Å². The van der Waals surface area contributed by atoms with Crippen LogP contribution < -0.4 is 5.32 Å². The molecular weight excluding hydrogens is 418 g/mol. The summed E-state index contributed by atoms with van der Waals surface area (Å²) in [6, 6.07) is 5.77. The van der Waals surface area contributed by atoms with Crippen LogP contribution in [0.5, 0.6) is 0 Å². The Bertz CT molecular complexity index is 947. The number of rotatable bonds is 7. The molecule has 32 heavy (non-hydrogen) atoms. The molecule has 172 valence electrons. The number of nitro benzene ring substituents is 1. The number of esters is 2. The SMILES string of the molecule is COC(=O)C1=C(C)NC(C)=C(C(=O)OCCN2CCOCC2)C1c1ccc([N+](=O)[O-])cc1. The van der Waals surface area contributed by atoms with Gasteiger partial charge in [-0.25, -0.2) is 9.59 Å². The first-order valence-electron chi connectivity index (χ1n) is 10.3. The number of nitrogens with zero attached hydrogens (tertiary/aromatic N) is 2. The van der Waals surface area contributed by atoms with E-state index < -0.39 is 22.8 Å². The Morgan fingerprint density at radius 1 is 1.12 bits per heavy atom. The van der Waals surface area contributed by atoms with Gasteiger partial charge in [-0.05, 0) is 19.4 Å². The summed E-state index contributed by atoms with van der Waals surface area (Å²) >= 11 is 0. The third-order valence-corrected chi connectivity index (χ3v) is 5.57. The highest BCUT2D eigenvalue weighted by Crippen LogP contribution is 2.39. The molecule has 1 aromatic carbocycles. The standard InChI is InChI=1S/C22H27N3O7/c1-14-18(21(26)30-3)20(16-4-6-17(7-5-16)25(28)29)19(15(2)23-14)22(27)32-13-10-24-8-11-31-12-9-24/h4-7,20,23H,8-13H2,1-3H3. The lowest BCUT2D eigenvalue weighted by Crippen LogP contribution is -2.39. The summed E-state index contributed by atoms with van der Waals surface area (Å²) in [5.74, 6) is -1.93. The number of nitro groups is 1. The van der Waals surface area contributed by atoms with Gasteiger partial charge in [0.1, 0.15) is 6.61 Å². The van der Waals surface area contributed by atoms with Crippen molar-refractivity contribution in [1.29, 1.82) is 0 Å². The fraction of sp³-hybridized carbons (Fsp3) is 0.455. The van der Waals surface area contributed by atoms with Crippen LogP contribution in [0.2, 0.25) is 0 Å². The summed E-state index contributed by atoms with van der Waals surface area (Å²) in [7, 11) is 1.26. The molecular formula is C22H27N3O7. The molecule has 2 heterocycles. The number of allylic oxidation sites excluding steroid dienone is 2. The Morgan fingerprint density at radius 3 is 2.28 bits per heavy atom. The van der Waals surface area contributed by atoms with Crippen LogP contribution in [0.1, 0.15) is 25.3 Å². The van der Waals surface area contributed by atoms with Crippen LogP contribution in [0.25, 0.3) is 0 Å². The second-order valence-corrected chi connectivity index (χ2v) is 7.57. The van der Waals surface area contributed by atoms with Crippen molar-refractivity contribution in [1.82, 2.24) is 10.2 Å². The lowest BCUT2D eigenvalue weighted by molar-refractivity contribution is -0.384. The minimum absolute atomic E-state index is 0.0849. The molecule has 1 fully saturated rings. The first-order chi connectivity index (χ1) is 15.3. The average molecular weight is 445 g/mol. The molecule has 1 unspecified atom stereocenters. The maximum absolute atomic E-state index is 13.1. The molecule has 0 aromatic heterocycles. The average Bonchev–Trinajstić information content (AvgIpc) is 2.78. The van der Waals surface area contributed by atoms with E-state index in [9.17, 15) is 19.7 Å². The first-order valence-corrected chi connectivity index (χ1v) is 10.3. The molecule has 1 aromatic rings. The number of nitrogens with one attached hydrogen (secondary N) is 1. The van der Waals surface area contributed by atoms with Crippen molar-refractivity contribution >= 4 is 17.6 Å². The minimum atomic E-state index is -0.777. The molecule has 1 saturated heterocycles. The van der Waals surface area contributed by atoms with Crippen LogP contribution >= 0.6 is 0 Å². The second kappa shape index (κ2) is 10.4. The van der Waals surface area contributed by atoms with Crippen LogP contribution in [0.15, 0.2) is 46.8 Å². The molecule has 0 spiro atoms. The molecule has 0 radical (unpaired) electrons. The van der Waals surface area contributed by atoms with Crippen molar-refractivity contribution in [2.45, 2.75) is 19.8 Å². The lowest BCUT2D eigenvalue weighted by atomic mass is 9.80. The lowest BCUT2D eigenvalue weighted by Gasteiger charge is -2.30. The van der Waals surface area contributed by atoms with Gasteiger partial charge in [0, 0.05) is 43.2 Å². The maximum Gasteiger partial charge on any atom is 0.336 e. The Kier molecular flexibility index (Phi) is 7.60. The van der Waals surface area contributed by atoms with Gasteiger partial charge < -0.3 is 19.5 Å². The van der Waals surface area contributed by atoms with E-state index in [1.54, 1.807) is 26.0 Å². The number of dihydropyridines is 1. The predicted molar refractivity (Wildman–Crippen MR) is 115 cm³/mol. The second-order valence-electron chi connectivity index (χ2n) is 7.57. The third kappa shape index (κ3) is 5.14. The van der Waals surface area contributed by atoms with E-state index in [1.165, 1.54) is 19.2 Å². The Balaban J connectivity index is 1.88. The van der Waals surface area contributed by atoms with Gasteiger partial charge in [0.05, 0.1) is 42.3 Å². The molecule has 0 bridgehead atoms. The molecule has 10 heteroatoms. The van der Waals surface area contributed by atoms with Crippen LogP contribution in [-0.4, -0.2) is 68.3 Å². The highest BCUT2D eigenvalue weighted by Gasteiger charge is 2.38. The summed E-state index contributed by atoms with van der Waals surface area (Å²) < 4.78 is 15.8. The topological polar surface area (TPSA) is 120 Å². The fourth-order valence-corrected chi connectivity index (χ4v) is 3.94. The highest BCUT2D eigenvalue weighted by molar-refractivity contribution is 5.99. The number of benzene rings is 1. The quantitative estimate of drug-likeness (QED) is 0.381. The van der Waals surface area contributed by atoms with E-state index in [0.717, 1.165) is 13.1 Å². The van der Waals surface area contributed by atoms with Gasteiger partial charge in [-0.1, -0.05) is 12.1 Å². The van der Waals surface area contributed by atoms with Crippen LogP contribution in [0.3, 0.4) is 0 Å². The summed E-state index contributed by atoms with van der Waals surface area (Å²) in [4.78, 5) is 38.4.